The summed E-state index contributed by atoms with van der Waals surface area (Å²) in [5.41, 5.74) is 0. The summed E-state index contributed by atoms with van der Waals surface area (Å²) < 4.78 is 6.74. The van der Waals surface area contributed by atoms with Gasteiger partial charge in [-0.25, -0.2) is 0 Å². The molecule has 22 heavy (non-hydrogen) atoms. The van der Waals surface area contributed by atoms with Gasteiger partial charge in [0.25, 0.3) is 5.91 Å². The minimum atomic E-state index is 0.0311. The van der Waals surface area contributed by atoms with Gasteiger partial charge in [-0.05, 0) is 25.3 Å². The Kier molecular flexibility index (Phi) is 5.01. The van der Waals surface area contributed by atoms with Gasteiger partial charge in [0, 0.05) is 29.8 Å². The number of amides is 1. The van der Waals surface area contributed by atoms with Crippen LogP contribution < -0.4 is 0 Å². The molecule has 2 aromatic rings. The van der Waals surface area contributed by atoms with Gasteiger partial charge < -0.3 is 9.64 Å². The van der Waals surface area contributed by atoms with E-state index in [1.807, 2.05) is 29.2 Å². The molecule has 0 radical (unpaired) electrons. The van der Waals surface area contributed by atoms with Gasteiger partial charge in [-0.2, -0.15) is 0 Å². The van der Waals surface area contributed by atoms with Crippen molar-refractivity contribution in [2.75, 3.05) is 19.7 Å². The number of benzene rings is 1. The highest BCUT2D eigenvalue weighted by atomic mass is 35.5. The quantitative estimate of drug-likeness (QED) is 0.798. The van der Waals surface area contributed by atoms with Crippen LogP contribution in [0.2, 0.25) is 5.02 Å². The third-order valence-electron chi connectivity index (χ3n) is 3.96. The van der Waals surface area contributed by atoms with Crippen LogP contribution in [-0.4, -0.2) is 36.6 Å². The lowest BCUT2D eigenvalue weighted by Crippen LogP contribution is -2.37. The Morgan fingerprint density at radius 1 is 1.45 bits per heavy atom. The Labute approximate surface area is 139 Å². The van der Waals surface area contributed by atoms with Crippen molar-refractivity contribution in [1.29, 1.82) is 0 Å². The van der Waals surface area contributed by atoms with E-state index in [9.17, 15) is 4.79 Å². The van der Waals surface area contributed by atoms with E-state index >= 15 is 0 Å². The van der Waals surface area contributed by atoms with Crippen LogP contribution in [0.3, 0.4) is 0 Å². The molecule has 0 N–H and O–H groups in total. The highest BCUT2D eigenvalue weighted by Gasteiger charge is 2.26. The maximum Gasteiger partial charge on any atom is 0.265 e. The Morgan fingerprint density at radius 3 is 2.95 bits per heavy atom. The fourth-order valence-corrected chi connectivity index (χ4v) is 4.35. The number of thiophene rings is 1. The van der Waals surface area contributed by atoms with Gasteiger partial charge in [-0.3, -0.25) is 4.79 Å². The minimum absolute atomic E-state index is 0.0311. The molecule has 1 amide bonds. The lowest BCUT2D eigenvalue weighted by Gasteiger charge is -2.24. The highest BCUT2D eigenvalue weighted by Crippen LogP contribution is 2.36. The maximum atomic E-state index is 12.9. The molecule has 1 saturated heterocycles. The van der Waals surface area contributed by atoms with Crippen LogP contribution in [0.15, 0.2) is 24.3 Å². The molecular formula is C17H20ClNO2S. The summed E-state index contributed by atoms with van der Waals surface area (Å²) in [5.74, 6) is 0.0311. The molecule has 1 aliphatic heterocycles. The smallest absolute Gasteiger partial charge is 0.265 e. The molecule has 1 aliphatic rings. The van der Waals surface area contributed by atoms with Crippen LogP contribution in [0.1, 0.15) is 35.9 Å². The SMILES string of the molecule is CCCN(CC1CCCO1)C(=O)c1sc2ccccc2c1Cl. The van der Waals surface area contributed by atoms with Crippen molar-refractivity contribution in [2.24, 2.45) is 0 Å². The summed E-state index contributed by atoms with van der Waals surface area (Å²) in [4.78, 5) is 15.5. The number of carbonyl (C=O) groups excluding carboxylic acids is 1. The summed E-state index contributed by atoms with van der Waals surface area (Å²) in [6, 6.07) is 7.90. The first-order chi connectivity index (χ1) is 10.7. The van der Waals surface area contributed by atoms with E-state index in [1.54, 1.807) is 0 Å². The zero-order chi connectivity index (χ0) is 15.5. The molecule has 1 unspecified atom stereocenters. The lowest BCUT2D eigenvalue weighted by molar-refractivity contribution is 0.0530. The topological polar surface area (TPSA) is 29.5 Å². The van der Waals surface area contributed by atoms with Crippen LogP contribution in [0.5, 0.6) is 0 Å². The van der Waals surface area contributed by atoms with Crippen LogP contribution in [0, 0.1) is 0 Å². The third-order valence-corrected chi connectivity index (χ3v) is 5.62. The van der Waals surface area contributed by atoms with Crippen molar-refractivity contribution < 1.29 is 9.53 Å². The standard InChI is InChI=1S/C17H20ClNO2S/c1-2-9-19(11-12-6-5-10-21-12)17(20)16-15(18)13-7-3-4-8-14(13)22-16/h3-4,7-8,12H,2,5-6,9-11H2,1H3. The third kappa shape index (κ3) is 3.14. The first-order valence-electron chi connectivity index (χ1n) is 7.78. The molecule has 0 saturated carbocycles. The number of nitrogens with zero attached hydrogens (tertiary/aromatic N) is 1. The van der Waals surface area contributed by atoms with Gasteiger partial charge in [0.05, 0.1) is 11.1 Å². The molecule has 1 aromatic carbocycles. The number of ether oxygens (including phenoxy) is 1. The van der Waals surface area contributed by atoms with E-state index in [0.29, 0.717) is 16.4 Å². The van der Waals surface area contributed by atoms with Gasteiger partial charge in [-0.1, -0.05) is 36.7 Å². The van der Waals surface area contributed by atoms with E-state index in [2.05, 4.69) is 6.92 Å². The number of hydrogen-bond donors (Lipinski definition) is 0. The molecule has 1 fully saturated rings. The zero-order valence-corrected chi connectivity index (χ0v) is 14.3. The summed E-state index contributed by atoms with van der Waals surface area (Å²) in [7, 11) is 0. The molecule has 0 aliphatic carbocycles. The van der Waals surface area contributed by atoms with E-state index in [1.165, 1.54) is 11.3 Å². The van der Waals surface area contributed by atoms with Crippen LogP contribution >= 0.6 is 22.9 Å². The fourth-order valence-electron chi connectivity index (χ4n) is 2.87. The molecule has 1 atom stereocenters. The molecule has 5 heteroatoms. The number of carbonyl (C=O) groups is 1. The average molecular weight is 338 g/mol. The number of fused-ring (bicyclic) bond motifs is 1. The monoisotopic (exact) mass is 337 g/mol. The first-order valence-corrected chi connectivity index (χ1v) is 8.98. The van der Waals surface area contributed by atoms with E-state index < -0.39 is 0 Å². The molecule has 2 heterocycles. The van der Waals surface area contributed by atoms with E-state index in [4.69, 9.17) is 16.3 Å². The number of hydrogen-bond acceptors (Lipinski definition) is 3. The summed E-state index contributed by atoms with van der Waals surface area (Å²) >= 11 is 7.92. The van der Waals surface area contributed by atoms with Crippen molar-refractivity contribution >= 4 is 38.9 Å². The Balaban J connectivity index is 1.85. The second-order valence-electron chi connectivity index (χ2n) is 5.63. The zero-order valence-electron chi connectivity index (χ0n) is 12.7. The van der Waals surface area contributed by atoms with Gasteiger partial charge in [0.2, 0.25) is 0 Å². The van der Waals surface area contributed by atoms with Crippen LogP contribution in [-0.2, 0) is 4.74 Å². The molecular weight excluding hydrogens is 318 g/mol. The molecule has 0 bridgehead atoms. The Morgan fingerprint density at radius 2 is 2.27 bits per heavy atom. The molecule has 3 rings (SSSR count). The van der Waals surface area contributed by atoms with Crippen molar-refractivity contribution in [2.45, 2.75) is 32.3 Å². The number of halogens is 1. The van der Waals surface area contributed by atoms with Gasteiger partial charge >= 0.3 is 0 Å². The molecule has 118 valence electrons. The van der Waals surface area contributed by atoms with Crippen LogP contribution in [0.25, 0.3) is 10.1 Å². The molecule has 1 aromatic heterocycles. The Hall–Kier alpha value is -1.10. The van der Waals surface area contributed by atoms with E-state index in [-0.39, 0.29) is 12.0 Å². The van der Waals surface area contributed by atoms with Gasteiger partial charge in [0.1, 0.15) is 4.88 Å². The van der Waals surface area contributed by atoms with E-state index in [0.717, 1.165) is 42.5 Å². The van der Waals surface area contributed by atoms with Crippen molar-refractivity contribution in [3.8, 4) is 0 Å². The predicted molar refractivity (Wildman–Crippen MR) is 92.0 cm³/mol. The predicted octanol–water partition coefficient (Wildman–Crippen LogP) is 4.59. The van der Waals surface area contributed by atoms with Crippen LogP contribution in [0.4, 0.5) is 0 Å². The largest absolute Gasteiger partial charge is 0.376 e. The first kappa shape index (κ1) is 15.8. The Bertz CT molecular complexity index is 664. The van der Waals surface area contributed by atoms with Crippen molar-refractivity contribution in [3.05, 3.63) is 34.2 Å². The average Bonchev–Trinajstić information content (AvgIpc) is 3.15. The highest BCUT2D eigenvalue weighted by molar-refractivity contribution is 7.21. The van der Waals surface area contributed by atoms with Crippen molar-refractivity contribution in [3.63, 3.8) is 0 Å². The summed E-state index contributed by atoms with van der Waals surface area (Å²) in [6.07, 6.45) is 3.22. The second kappa shape index (κ2) is 6.99. The second-order valence-corrected chi connectivity index (χ2v) is 7.06. The summed E-state index contributed by atoms with van der Waals surface area (Å²) in [5, 5.41) is 1.55. The fraction of sp³-hybridized carbons (Fsp3) is 0.471. The lowest BCUT2D eigenvalue weighted by atomic mass is 10.2. The van der Waals surface area contributed by atoms with Crippen molar-refractivity contribution in [1.82, 2.24) is 4.90 Å². The molecule has 3 nitrogen and oxygen atoms in total. The van der Waals surface area contributed by atoms with Gasteiger partial charge in [-0.15, -0.1) is 11.3 Å². The number of rotatable bonds is 5. The molecule has 0 spiro atoms. The van der Waals surface area contributed by atoms with Gasteiger partial charge in [0.15, 0.2) is 0 Å². The normalized spacial score (nSPS) is 18.0. The minimum Gasteiger partial charge on any atom is -0.376 e. The maximum absolute atomic E-state index is 12.9. The summed E-state index contributed by atoms with van der Waals surface area (Å²) in [6.45, 7) is 4.30.